The number of rotatable bonds is 12. The highest BCUT2D eigenvalue weighted by molar-refractivity contribution is 5.81. The molecule has 240 valence electrons. The maximum Gasteiger partial charge on any atom is 0.250 e. The Morgan fingerprint density at radius 2 is 1.56 bits per heavy atom. The second-order valence-electron chi connectivity index (χ2n) is 10.7. The second-order valence-corrected chi connectivity index (χ2v) is 10.7. The molecule has 1 aliphatic carbocycles. The zero-order chi connectivity index (χ0) is 30.4. The van der Waals surface area contributed by atoms with E-state index in [4.69, 9.17) is 47.0 Å². The van der Waals surface area contributed by atoms with Crippen molar-refractivity contribution in [3.63, 3.8) is 0 Å². The summed E-state index contributed by atoms with van der Waals surface area (Å²) in [5.74, 6) is -0.861. The molecular weight excluding hydrogens is 552 g/mol. The van der Waals surface area contributed by atoms with Crippen LogP contribution in [0.3, 0.4) is 0 Å². The molecule has 1 saturated carbocycles. The first-order chi connectivity index (χ1) is 19.4. The third-order valence-electron chi connectivity index (χ3n) is 7.63. The zero-order valence-corrected chi connectivity index (χ0v) is 22.6. The Kier molecular flexibility index (Phi) is 13.0. The van der Waals surface area contributed by atoms with E-state index in [1.165, 1.54) is 0 Å². The van der Waals surface area contributed by atoms with Gasteiger partial charge in [-0.15, -0.1) is 0 Å². The van der Waals surface area contributed by atoms with E-state index in [0.29, 0.717) is 0 Å². The fourth-order valence-electron chi connectivity index (χ4n) is 5.21. The summed E-state index contributed by atoms with van der Waals surface area (Å²) in [5, 5.41) is 76.5. The summed E-state index contributed by atoms with van der Waals surface area (Å²) in [6.45, 7) is -0.683. The van der Waals surface area contributed by atoms with Gasteiger partial charge < -0.3 is 88.3 Å². The van der Waals surface area contributed by atoms with Crippen LogP contribution in [-0.4, -0.2) is 166 Å². The average molecular weight is 599 g/mol. The first kappa shape index (κ1) is 34.3. The van der Waals surface area contributed by atoms with Gasteiger partial charge in [-0.1, -0.05) is 0 Å². The number of nitrogens with two attached hydrogens (primary N) is 4. The number of nitrogens with one attached hydrogen (secondary N) is 2. The molecule has 2 heterocycles. The SMILES string of the molecule is NC[C@H](O)C(=O)N[C@@H]1C[C@H](N)[C@@H](O[C@H]2O[C@H](CNCCO)[C@@H](O)C[C@H]2N)[C@H](O)[C@H]1O[C@H]1O[C@H](CO)[C@@H](O)[C@H](N)[C@H]1O. The van der Waals surface area contributed by atoms with Crippen LogP contribution in [0.1, 0.15) is 12.8 Å². The number of hydrogen-bond acceptors (Lipinski definition) is 17. The molecule has 0 unspecified atom stereocenters. The van der Waals surface area contributed by atoms with Crippen LogP contribution in [0.15, 0.2) is 0 Å². The van der Waals surface area contributed by atoms with Gasteiger partial charge in [0.2, 0.25) is 5.91 Å². The number of aliphatic hydroxyl groups is 7. The van der Waals surface area contributed by atoms with Gasteiger partial charge in [-0.25, -0.2) is 0 Å². The third-order valence-corrected chi connectivity index (χ3v) is 7.63. The summed E-state index contributed by atoms with van der Waals surface area (Å²) < 4.78 is 23.3. The summed E-state index contributed by atoms with van der Waals surface area (Å²) >= 11 is 0. The normalized spacial score (nSPS) is 44.4. The van der Waals surface area contributed by atoms with Crippen LogP contribution in [0.4, 0.5) is 0 Å². The summed E-state index contributed by atoms with van der Waals surface area (Å²) in [5.41, 5.74) is 23.8. The van der Waals surface area contributed by atoms with Crippen molar-refractivity contribution in [1.29, 1.82) is 0 Å². The summed E-state index contributed by atoms with van der Waals surface area (Å²) in [4.78, 5) is 12.5. The molecule has 0 aromatic carbocycles. The molecule has 17 N–H and O–H groups in total. The van der Waals surface area contributed by atoms with E-state index in [1.807, 2.05) is 0 Å². The van der Waals surface area contributed by atoms with Crippen molar-refractivity contribution < 1.29 is 59.5 Å². The lowest BCUT2D eigenvalue weighted by molar-refractivity contribution is -0.316. The molecule has 3 aliphatic rings. The van der Waals surface area contributed by atoms with E-state index in [1.54, 1.807) is 0 Å². The Labute approximate surface area is 236 Å². The summed E-state index contributed by atoms with van der Waals surface area (Å²) in [7, 11) is 0. The Balaban J connectivity index is 1.80. The van der Waals surface area contributed by atoms with Crippen LogP contribution in [0.25, 0.3) is 0 Å². The lowest BCUT2D eigenvalue weighted by Gasteiger charge is -2.48. The zero-order valence-electron chi connectivity index (χ0n) is 22.6. The van der Waals surface area contributed by atoms with Gasteiger partial charge in [0.05, 0.1) is 43.5 Å². The molecule has 18 heteroatoms. The first-order valence-electron chi connectivity index (χ1n) is 13.6. The molecular formula is C23H46N6O12. The van der Waals surface area contributed by atoms with Gasteiger partial charge in [-0.3, -0.25) is 4.79 Å². The molecule has 15 atom stereocenters. The van der Waals surface area contributed by atoms with Crippen molar-refractivity contribution in [2.45, 2.75) is 105 Å². The Morgan fingerprint density at radius 3 is 2.20 bits per heavy atom. The van der Waals surface area contributed by atoms with E-state index in [9.17, 15) is 35.4 Å². The number of ether oxygens (including phenoxy) is 4. The molecule has 3 fully saturated rings. The molecule has 0 aromatic heterocycles. The van der Waals surface area contributed by atoms with Crippen LogP contribution < -0.4 is 33.6 Å². The predicted octanol–water partition coefficient (Wildman–Crippen LogP) is -8.20. The number of hydrogen-bond donors (Lipinski definition) is 13. The van der Waals surface area contributed by atoms with Gasteiger partial charge in [0, 0.05) is 25.7 Å². The van der Waals surface area contributed by atoms with Crippen molar-refractivity contribution in [2.75, 3.05) is 32.8 Å². The number of carbonyl (C=O) groups excluding carboxylic acids is 1. The first-order valence-corrected chi connectivity index (χ1v) is 13.6. The average Bonchev–Trinajstić information content (AvgIpc) is 2.94. The van der Waals surface area contributed by atoms with Crippen molar-refractivity contribution in [1.82, 2.24) is 10.6 Å². The quantitative estimate of drug-likeness (QED) is 0.0927. The fraction of sp³-hybridized carbons (Fsp3) is 0.957. The van der Waals surface area contributed by atoms with Crippen LogP contribution >= 0.6 is 0 Å². The highest BCUT2D eigenvalue weighted by Crippen LogP contribution is 2.31. The third kappa shape index (κ3) is 8.26. The van der Waals surface area contributed by atoms with E-state index >= 15 is 0 Å². The van der Waals surface area contributed by atoms with Gasteiger partial charge in [0.25, 0.3) is 0 Å². The van der Waals surface area contributed by atoms with E-state index in [0.717, 1.165) is 0 Å². The van der Waals surface area contributed by atoms with Crippen molar-refractivity contribution in [3.8, 4) is 0 Å². The van der Waals surface area contributed by atoms with E-state index < -0.39 is 104 Å². The van der Waals surface area contributed by atoms with E-state index in [2.05, 4.69) is 10.6 Å². The molecule has 41 heavy (non-hydrogen) atoms. The molecule has 1 amide bonds. The van der Waals surface area contributed by atoms with E-state index in [-0.39, 0.29) is 39.1 Å². The maximum atomic E-state index is 12.5. The van der Waals surface area contributed by atoms with Gasteiger partial charge in [-0.2, -0.15) is 0 Å². The lowest BCUT2D eigenvalue weighted by atomic mass is 9.83. The molecule has 0 radical (unpaired) electrons. The standard InChI is InChI=1S/C23H46N6O12/c24-5-12(33)21(37)29-10-3-8(25)19(40-22-9(26)4-11(32)13(38-22)6-28-1-2-30)18(36)20(10)41-23-17(35)15(27)16(34)14(7-31)39-23/h8-20,22-23,28,30-36H,1-7,24-27H2,(H,29,37)/t8-,9+,10+,11-,12-,13+,14+,15-,16+,17+,18-,19+,20-,22+,23+/m0/s1. The Hall–Kier alpha value is -1.17. The second kappa shape index (κ2) is 15.5. The minimum atomic E-state index is -1.60. The molecule has 2 aliphatic heterocycles. The van der Waals surface area contributed by atoms with Crippen LogP contribution in [0, 0.1) is 0 Å². The topological polar surface area (TPSA) is 324 Å². The van der Waals surface area contributed by atoms with Gasteiger partial charge in [0.1, 0.15) is 42.7 Å². The van der Waals surface area contributed by atoms with Crippen molar-refractivity contribution in [3.05, 3.63) is 0 Å². The minimum Gasteiger partial charge on any atom is -0.395 e. The molecule has 0 spiro atoms. The highest BCUT2D eigenvalue weighted by Gasteiger charge is 2.51. The molecule has 0 bridgehead atoms. The smallest absolute Gasteiger partial charge is 0.250 e. The molecule has 0 aromatic rings. The fourth-order valence-corrected chi connectivity index (χ4v) is 5.21. The summed E-state index contributed by atoms with van der Waals surface area (Å²) in [6, 6.07) is -4.05. The summed E-state index contributed by atoms with van der Waals surface area (Å²) in [6.07, 6.45) is -14.2. The highest BCUT2D eigenvalue weighted by atomic mass is 16.7. The van der Waals surface area contributed by atoms with Crippen LogP contribution in [0.2, 0.25) is 0 Å². The van der Waals surface area contributed by atoms with Crippen molar-refractivity contribution >= 4 is 5.91 Å². The molecule has 18 nitrogen and oxygen atoms in total. The van der Waals surface area contributed by atoms with Crippen LogP contribution in [0.5, 0.6) is 0 Å². The predicted molar refractivity (Wildman–Crippen MR) is 138 cm³/mol. The van der Waals surface area contributed by atoms with Crippen LogP contribution in [-0.2, 0) is 23.7 Å². The van der Waals surface area contributed by atoms with Gasteiger partial charge >= 0.3 is 0 Å². The van der Waals surface area contributed by atoms with Gasteiger partial charge in [-0.05, 0) is 12.8 Å². The Bertz CT molecular complexity index is 819. The van der Waals surface area contributed by atoms with Crippen molar-refractivity contribution in [2.24, 2.45) is 22.9 Å². The Morgan fingerprint density at radius 1 is 0.902 bits per heavy atom. The number of amides is 1. The number of carbonyl (C=O) groups is 1. The largest absolute Gasteiger partial charge is 0.395 e. The minimum absolute atomic E-state index is 0.0532. The van der Waals surface area contributed by atoms with Gasteiger partial charge in [0.15, 0.2) is 12.6 Å². The monoisotopic (exact) mass is 598 g/mol. The molecule has 2 saturated heterocycles. The lowest BCUT2D eigenvalue weighted by Crippen LogP contribution is -2.69. The number of aliphatic hydroxyl groups excluding tert-OH is 7. The maximum absolute atomic E-state index is 12.5. The molecule has 3 rings (SSSR count).